The lowest BCUT2D eigenvalue weighted by Gasteiger charge is -2.47. The summed E-state index contributed by atoms with van der Waals surface area (Å²) in [5.41, 5.74) is 0.867. The van der Waals surface area contributed by atoms with Crippen LogP contribution in [-0.2, 0) is 4.74 Å². The average Bonchev–Trinajstić information content (AvgIpc) is 2.78. The molecule has 2 heteroatoms. The Morgan fingerprint density at radius 3 is 2.71 bits per heavy atom. The summed E-state index contributed by atoms with van der Waals surface area (Å²) in [4.78, 5) is 2.70. The summed E-state index contributed by atoms with van der Waals surface area (Å²) >= 11 is 0. The Hall–Kier alpha value is -0.0800. The van der Waals surface area contributed by atoms with Gasteiger partial charge in [0.05, 0.1) is 13.2 Å². The van der Waals surface area contributed by atoms with Crippen molar-refractivity contribution >= 4 is 0 Å². The molecule has 3 rings (SSSR count). The van der Waals surface area contributed by atoms with E-state index in [1.54, 1.807) is 0 Å². The van der Waals surface area contributed by atoms with Crippen molar-refractivity contribution in [1.82, 2.24) is 4.90 Å². The highest BCUT2D eigenvalue weighted by Crippen LogP contribution is 2.57. The first-order valence-corrected chi connectivity index (χ1v) is 9.26. The van der Waals surface area contributed by atoms with Gasteiger partial charge in [-0.05, 0) is 62.7 Å². The summed E-state index contributed by atoms with van der Waals surface area (Å²) in [6, 6.07) is 0. The van der Waals surface area contributed by atoms with Crippen molar-refractivity contribution in [2.24, 2.45) is 23.2 Å². The van der Waals surface area contributed by atoms with Crippen LogP contribution in [0.3, 0.4) is 0 Å². The highest BCUT2D eigenvalue weighted by atomic mass is 16.5. The molecule has 3 fully saturated rings. The van der Waals surface area contributed by atoms with Gasteiger partial charge in [-0.3, -0.25) is 4.90 Å². The number of nitrogens with zero attached hydrogens (tertiary/aromatic N) is 1. The van der Waals surface area contributed by atoms with E-state index in [0.717, 1.165) is 37.5 Å². The molecule has 122 valence electrons. The molecular weight excluding hydrogens is 258 g/mol. The number of hydrogen-bond acceptors (Lipinski definition) is 2. The van der Waals surface area contributed by atoms with Crippen molar-refractivity contribution in [3.05, 3.63) is 0 Å². The zero-order chi connectivity index (χ0) is 15.1. The van der Waals surface area contributed by atoms with E-state index in [1.165, 1.54) is 45.1 Å². The van der Waals surface area contributed by atoms with Crippen molar-refractivity contribution < 1.29 is 4.74 Å². The average molecular weight is 293 g/mol. The Bertz CT molecular complexity index is 367. The molecule has 2 aliphatic carbocycles. The maximum Gasteiger partial charge on any atom is 0.0645 e. The molecule has 2 saturated carbocycles. The third kappa shape index (κ3) is 2.91. The third-order valence-electron chi connectivity index (χ3n) is 7.14. The van der Waals surface area contributed by atoms with Crippen LogP contribution in [0.1, 0.15) is 66.2 Å². The minimum Gasteiger partial charge on any atom is -0.378 e. The first-order valence-electron chi connectivity index (χ1n) is 9.26. The molecule has 1 heterocycles. The monoisotopic (exact) mass is 293 g/mol. The summed E-state index contributed by atoms with van der Waals surface area (Å²) in [7, 11) is 0. The van der Waals surface area contributed by atoms with Gasteiger partial charge in [-0.25, -0.2) is 0 Å². The second kappa shape index (κ2) is 5.85. The molecule has 21 heavy (non-hydrogen) atoms. The topological polar surface area (TPSA) is 12.5 Å². The molecule has 3 aliphatic rings. The van der Waals surface area contributed by atoms with E-state index in [1.807, 2.05) is 0 Å². The predicted octanol–water partition coefficient (Wildman–Crippen LogP) is 4.34. The highest BCUT2D eigenvalue weighted by molar-refractivity contribution is 4.99. The fourth-order valence-electron chi connectivity index (χ4n) is 5.74. The Labute approximate surface area is 131 Å². The Kier molecular flexibility index (Phi) is 4.40. The molecule has 2 nitrogen and oxygen atoms in total. The lowest BCUT2D eigenvalue weighted by molar-refractivity contribution is -0.0646. The summed E-state index contributed by atoms with van der Waals surface area (Å²) in [6.07, 6.45) is 8.92. The fraction of sp³-hybridized carbons (Fsp3) is 1.00. The number of rotatable bonds is 3. The van der Waals surface area contributed by atoms with Crippen LogP contribution < -0.4 is 0 Å². The molecule has 1 saturated heterocycles. The molecule has 0 unspecified atom stereocenters. The van der Waals surface area contributed by atoms with Gasteiger partial charge in [-0.15, -0.1) is 0 Å². The molecule has 0 spiro atoms. The van der Waals surface area contributed by atoms with Crippen molar-refractivity contribution in [1.29, 1.82) is 0 Å². The van der Waals surface area contributed by atoms with E-state index >= 15 is 0 Å². The van der Waals surface area contributed by atoms with Crippen molar-refractivity contribution in [3.8, 4) is 0 Å². The van der Waals surface area contributed by atoms with Crippen molar-refractivity contribution in [3.63, 3.8) is 0 Å². The quantitative estimate of drug-likeness (QED) is 0.767. The second-order valence-electron chi connectivity index (χ2n) is 8.92. The minimum absolute atomic E-state index is 0.220. The minimum atomic E-state index is 0.220. The third-order valence-corrected chi connectivity index (χ3v) is 7.14. The Morgan fingerprint density at radius 2 is 1.95 bits per heavy atom. The SMILES string of the molecule is C[C@H](CN1CCOCC1(C)C)[C@H]1CC[C@@H]2CCCC[C@]21C. The smallest absolute Gasteiger partial charge is 0.0645 e. The lowest BCUT2D eigenvalue weighted by Crippen LogP contribution is -2.55. The predicted molar refractivity (Wildman–Crippen MR) is 88.4 cm³/mol. The van der Waals surface area contributed by atoms with Gasteiger partial charge in [0.2, 0.25) is 0 Å². The van der Waals surface area contributed by atoms with Crippen LogP contribution in [0.15, 0.2) is 0 Å². The van der Waals surface area contributed by atoms with Crippen molar-refractivity contribution in [2.75, 3.05) is 26.3 Å². The molecule has 4 atom stereocenters. The summed E-state index contributed by atoms with van der Waals surface area (Å²) in [5.74, 6) is 2.80. The molecule has 0 aromatic rings. The van der Waals surface area contributed by atoms with Crippen LogP contribution in [0.2, 0.25) is 0 Å². The van der Waals surface area contributed by atoms with E-state index in [0.29, 0.717) is 5.41 Å². The fourth-order valence-corrected chi connectivity index (χ4v) is 5.74. The number of morpholine rings is 1. The van der Waals surface area contributed by atoms with Gasteiger partial charge < -0.3 is 4.74 Å². The molecule has 0 N–H and O–H groups in total. The van der Waals surface area contributed by atoms with E-state index < -0.39 is 0 Å². The summed E-state index contributed by atoms with van der Waals surface area (Å²) < 4.78 is 5.69. The largest absolute Gasteiger partial charge is 0.378 e. The maximum atomic E-state index is 5.69. The number of hydrogen-bond donors (Lipinski definition) is 0. The van der Waals surface area contributed by atoms with Gasteiger partial charge in [0.15, 0.2) is 0 Å². The van der Waals surface area contributed by atoms with Gasteiger partial charge in [-0.2, -0.15) is 0 Å². The van der Waals surface area contributed by atoms with Gasteiger partial charge in [0.25, 0.3) is 0 Å². The molecule has 0 aromatic heterocycles. The van der Waals surface area contributed by atoms with Crippen LogP contribution in [0.5, 0.6) is 0 Å². The maximum absolute atomic E-state index is 5.69. The van der Waals surface area contributed by atoms with Gasteiger partial charge in [0, 0.05) is 18.6 Å². The zero-order valence-electron chi connectivity index (χ0n) is 14.7. The standard InChI is InChI=1S/C19H35NO/c1-15(13-20-11-12-21-14-18(20,2)3)17-9-8-16-7-5-6-10-19(16,17)4/h15-17H,5-14H2,1-4H3/t15-,16+,17-,19-/m1/s1. The Morgan fingerprint density at radius 1 is 1.14 bits per heavy atom. The molecule has 0 bridgehead atoms. The molecule has 0 radical (unpaired) electrons. The van der Waals surface area contributed by atoms with Gasteiger partial charge in [0.1, 0.15) is 0 Å². The second-order valence-corrected chi connectivity index (χ2v) is 8.92. The summed E-state index contributed by atoms with van der Waals surface area (Å²) in [5, 5.41) is 0. The van der Waals surface area contributed by atoms with E-state index in [2.05, 4.69) is 32.6 Å². The van der Waals surface area contributed by atoms with Gasteiger partial charge >= 0.3 is 0 Å². The van der Waals surface area contributed by atoms with Crippen LogP contribution in [0.25, 0.3) is 0 Å². The lowest BCUT2D eigenvalue weighted by atomic mass is 9.62. The van der Waals surface area contributed by atoms with Crippen LogP contribution in [0.4, 0.5) is 0 Å². The molecule has 0 amide bonds. The summed E-state index contributed by atoms with van der Waals surface area (Å²) in [6.45, 7) is 14.0. The number of fused-ring (bicyclic) bond motifs is 1. The molecule has 1 aliphatic heterocycles. The Balaban J connectivity index is 1.66. The first-order chi connectivity index (χ1) is 9.93. The van der Waals surface area contributed by atoms with E-state index in [-0.39, 0.29) is 5.54 Å². The van der Waals surface area contributed by atoms with Crippen LogP contribution >= 0.6 is 0 Å². The van der Waals surface area contributed by atoms with Crippen molar-refractivity contribution in [2.45, 2.75) is 71.8 Å². The highest BCUT2D eigenvalue weighted by Gasteiger charge is 2.49. The van der Waals surface area contributed by atoms with Crippen LogP contribution in [-0.4, -0.2) is 36.7 Å². The molecular formula is C19H35NO. The zero-order valence-corrected chi connectivity index (χ0v) is 14.7. The first kappa shape index (κ1) is 15.8. The normalized spacial score (nSPS) is 41.7. The molecule has 0 aromatic carbocycles. The van der Waals surface area contributed by atoms with E-state index in [9.17, 15) is 0 Å². The van der Waals surface area contributed by atoms with Gasteiger partial charge in [-0.1, -0.05) is 26.7 Å². The van der Waals surface area contributed by atoms with Crippen LogP contribution in [0, 0.1) is 23.2 Å². The van der Waals surface area contributed by atoms with E-state index in [4.69, 9.17) is 4.74 Å². The number of ether oxygens (including phenoxy) is 1.